The maximum absolute atomic E-state index is 12.4. The van der Waals surface area contributed by atoms with Crippen LogP contribution in [0.25, 0.3) is 0 Å². The molecule has 20 heavy (non-hydrogen) atoms. The predicted octanol–water partition coefficient (Wildman–Crippen LogP) is 2.96. The van der Waals surface area contributed by atoms with Crippen LogP contribution in [0.15, 0.2) is 27.6 Å². The van der Waals surface area contributed by atoms with Crippen LogP contribution in [0.5, 0.6) is 0 Å². The van der Waals surface area contributed by atoms with E-state index >= 15 is 0 Å². The summed E-state index contributed by atoms with van der Waals surface area (Å²) in [7, 11) is 0. The molecule has 2 aliphatic rings. The third-order valence-electron chi connectivity index (χ3n) is 4.11. The molecule has 0 aliphatic carbocycles. The number of benzene rings is 1. The summed E-state index contributed by atoms with van der Waals surface area (Å²) in [5.74, 6) is 1.85. The molecule has 3 rings (SSSR count). The van der Waals surface area contributed by atoms with Crippen LogP contribution in [0.1, 0.15) is 24.9 Å². The Morgan fingerprint density at radius 1 is 1.50 bits per heavy atom. The van der Waals surface area contributed by atoms with Crippen LogP contribution < -0.4 is 10.6 Å². The van der Waals surface area contributed by atoms with E-state index in [0.717, 1.165) is 29.7 Å². The molecule has 3 nitrogen and oxygen atoms in total. The maximum Gasteiger partial charge on any atom is 0.224 e. The zero-order valence-corrected chi connectivity index (χ0v) is 13.9. The lowest BCUT2D eigenvalue weighted by Crippen LogP contribution is -2.39. The van der Waals surface area contributed by atoms with Crippen molar-refractivity contribution >= 4 is 33.6 Å². The number of nitrogens with one attached hydrogen (secondary N) is 2. The zero-order chi connectivity index (χ0) is 14.1. The lowest BCUT2D eigenvalue weighted by atomic mass is 9.94. The molecular formula is C15H19BrN2OS. The summed E-state index contributed by atoms with van der Waals surface area (Å²) in [5, 5.41) is 6.54. The fourth-order valence-electron chi connectivity index (χ4n) is 2.89. The van der Waals surface area contributed by atoms with Crippen molar-refractivity contribution in [1.82, 2.24) is 10.6 Å². The lowest BCUT2D eigenvalue weighted by molar-refractivity contribution is -0.125. The number of hydrogen-bond acceptors (Lipinski definition) is 3. The molecule has 0 radical (unpaired) electrons. The normalized spacial score (nSPS) is 29.0. The minimum Gasteiger partial charge on any atom is -0.349 e. The van der Waals surface area contributed by atoms with Crippen LogP contribution in [0.4, 0.5) is 0 Å². The summed E-state index contributed by atoms with van der Waals surface area (Å²) in [5.41, 5.74) is 1.25. The molecule has 2 heterocycles. The molecule has 108 valence electrons. The molecule has 0 bridgehead atoms. The van der Waals surface area contributed by atoms with Gasteiger partial charge < -0.3 is 10.6 Å². The number of hydrogen-bond donors (Lipinski definition) is 2. The molecule has 1 saturated heterocycles. The average molecular weight is 355 g/mol. The van der Waals surface area contributed by atoms with E-state index in [0.29, 0.717) is 5.92 Å². The van der Waals surface area contributed by atoms with Crippen LogP contribution >= 0.6 is 27.7 Å². The molecule has 1 amide bonds. The zero-order valence-electron chi connectivity index (χ0n) is 11.5. The fourth-order valence-corrected chi connectivity index (χ4v) is 4.42. The maximum atomic E-state index is 12.4. The predicted molar refractivity (Wildman–Crippen MR) is 85.9 cm³/mol. The van der Waals surface area contributed by atoms with Crippen molar-refractivity contribution in [2.45, 2.75) is 24.3 Å². The number of thioether (sulfide) groups is 1. The molecule has 0 aromatic heterocycles. The quantitative estimate of drug-likeness (QED) is 0.857. The summed E-state index contributed by atoms with van der Waals surface area (Å²) in [6.45, 7) is 3.98. The second kappa shape index (κ2) is 6.08. The number of carbonyl (C=O) groups excluding carboxylic acids is 1. The molecule has 5 heteroatoms. The van der Waals surface area contributed by atoms with Gasteiger partial charge in [0.05, 0.1) is 12.0 Å². The van der Waals surface area contributed by atoms with E-state index in [1.165, 1.54) is 10.5 Å². The highest BCUT2D eigenvalue weighted by Gasteiger charge is 2.31. The average Bonchev–Trinajstić information content (AvgIpc) is 2.96. The van der Waals surface area contributed by atoms with Gasteiger partial charge in [0.15, 0.2) is 0 Å². The highest BCUT2D eigenvalue weighted by Crippen LogP contribution is 2.40. The molecule has 0 spiro atoms. The van der Waals surface area contributed by atoms with Crippen molar-refractivity contribution in [3.8, 4) is 0 Å². The van der Waals surface area contributed by atoms with Gasteiger partial charge in [-0.25, -0.2) is 0 Å². The Morgan fingerprint density at radius 3 is 3.10 bits per heavy atom. The minimum absolute atomic E-state index is 0.132. The largest absolute Gasteiger partial charge is 0.349 e. The van der Waals surface area contributed by atoms with Crippen LogP contribution in [0, 0.1) is 11.8 Å². The number of fused-ring (bicyclic) bond motifs is 1. The summed E-state index contributed by atoms with van der Waals surface area (Å²) in [6, 6.07) is 6.50. The van der Waals surface area contributed by atoms with Crippen LogP contribution in [-0.4, -0.2) is 24.7 Å². The Morgan fingerprint density at radius 2 is 2.35 bits per heavy atom. The van der Waals surface area contributed by atoms with Gasteiger partial charge in [-0.2, -0.15) is 0 Å². The first-order valence-electron chi connectivity index (χ1n) is 7.08. The topological polar surface area (TPSA) is 41.1 Å². The second-order valence-corrected chi connectivity index (χ2v) is 7.62. The van der Waals surface area contributed by atoms with Crippen molar-refractivity contribution in [1.29, 1.82) is 0 Å². The van der Waals surface area contributed by atoms with E-state index in [1.807, 2.05) is 11.8 Å². The number of halogens is 1. The van der Waals surface area contributed by atoms with Crippen molar-refractivity contribution in [3.63, 3.8) is 0 Å². The molecule has 1 fully saturated rings. The Labute approximate surface area is 132 Å². The van der Waals surface area contributed by atoms with Crippen molar-refractivity contribution in [2.24, 2.45) is 11.8 Å². The highest BCUT2D eigenvalue weighted by atomic mass is 79.9. The van der Waals surface area contributed by atoms with Gasteiger partial charge >= 0.3 is 0 Å². The molecule has 1 aromatic rings. The second-order valence-electron chi connectivity index (χ2n) is 5.65. The smallest absolute Gasteiger partial charge is 0.224 e. The summed E-state index contributed by atoms with van der Waals surface area (Å²) in [6.07, 6.45) is 0.951. The van der Waals surface area contributed by atoms with E-state index in [-0.39, 0.29) is 17.9 Å². The molecular weight excluding hydrogens is 336 g/mol. The van der Waals surface area contributed by atoms with E-state index in [9.17, 15) is 4.79 Å². The Kier molecular flexibility index (Phi) is 4.38. The van der Waals surface area contributed by atoms with Crippen molar-refractivity contribution in [2.75, 3.05) is 18.8 Å². The molecule has 2 aliphatic heterocycles. The van der Waals surface area contributed by atoms with Crippen LogP contribution in [0.3, 0.4) is 0 Å². The molecule has 3 atom stereocenters. The summed E-state index contributed by atoms with van der Waals surface area (Å²) >= 11 is 5.42. The van der Waals surface area contributed by atoms with E-state index < -0.39 is 0 Å². The standard InChI is InChI=1S/C15H19BrN2OS/c1-9-8-20-13-3-2-11(16)6-12(13)14(9)18-15(19)10-4-5-17-7-10/h2-3,6,9-10,14,17H,4-5,7-8H2,1H3,(H,18,19). The third kappa shape index (κ3) is 2.90. The molecule has 0 saturated carbocycles. The van der Waals surface area contributed by atoms with E-state index in [4.69, 9.17) is 0 Å². The summed E-state index contributed by atoms with van der Waals surface area (Å²) in [4.78, 5) is 13.7. The van der Waals surface area contributed by atoms with Gasteiger partial charge in [-0.15, -0.1) is 11.8 Å². The minimum atomic E-state index is 0.132. The Balaban J connectivity index is 1.81. The molecule has 3 unspecified atom stereocenters. The van der Waals surface area contributed by atoms with Gasteiger partial charge in [0.2, 0.25) is 5.91 Å². The Bertz CT molecular complexity index is 517. The van der Waals surface area contributed by atoms with Gasteiger partial charge in [0.1, 0.15) is 0 Å². The van der Waals surface area contributed by atoms with Crippen molar-refractivity contribution < 1.29 is 4.79 Å². The number of carbonyl (C=O) groups is 1. The van der Waals surface area contributed by atoms with E-state index in [2.05, 4.69) is 51.7 Å². The first-order chi connectivity index (χ1) is 9.65. The van der Waals surface area contributed by atoms with Gasteiger partial charge in [0.25, 0.3) is 0 Å². The van der Waals surface area contributed by atoms with Crippen LogP contribution in [-0.2, 0) is 4.79 Å². The van der Waals surface area contributed by atoms with Gasteiger partial charge in [-0.1, -0.05) is 22.9 Å². The van der Waals surface area contributed by atoms with Gasteiger partial charge in [-0.3, -0.25) is 4.79 Å². The first-order valence-corrected chi connectivity index (χ1v) is 8.86. The van der Waals surface area contributed by atoms with Gasteiger partial charge in [0, 0.05) is 21.7 Å². The SMILES string of the molecule is CC1CSc2ccc(Br)cc2C1NC(=O)C1CCNC1. The Hall–Kier alpha value is -0.520. The monoisotopic (exact) mass is 354 g/mol. The van der Waals surface area contributed by atoms with Crippen molar-refractivity contribution in [3.05, 3.63) is 28.2 Å². The number of amides is 1. The lowest BCUT2D eigenvalue weighted by Gasteiger charge is -2.32. The molecule has 2 N–H and O–H groups in total. The third-order valence-corrected chi connectivity index (χ3v) is 5.98. The first kappa shape index (κ1) is 14.4. The van der Waals surface area contributed by atoms with Gasteiger partial charge in [-0.05, 0) is 42.6 Å². The number of rotatable bonds is 2. The molecule has 1 aromatic carbocycles. The van der Waals surface area contributed by atoms with E-state index in [1.54, 1.807) is 0 Å². The fraction of sp³-hybridized carbons (Fsp3) is 0.533. The van der Waals surface area contributed by atoms with Crippen LogP contribution in [0.2, 0.25) is 0 Å². The highest BCUT2D eigenvalue weighted by molar-refractivity contribution is 9.10. The summed E-state index contributed by atoms with van der Waals surface area (Å²) < 4.78 is 1.08.